The Balaban J connectivity index is 1.50. The summed E-state index contributed by atoms with van der Waals surface area (Å²) in [7, 11) is 0. The van der Waals surface area contributed by atoms with E-state index >= 15 is 0 Å². The first kappa shape index (κ1) is 18.8. The van der Waals surface area contributed by atoms with Crippen molar-refractivity contribution in [1.82, 2.24) is 5.32 Å². The number of carbonyl (C=O) groups excluding carboxylic acids is 2. The maximum atomic E-state index is 13.3. The molecule has 1 saturated heterocycles. The highest BCUT2D eigenvalue weighted by atomic mass is 32.2. The van der Waals surface area contributed by atoms with Crippen LogP contribution in [0.3, 0.4) is 0 Å². The number of thioether (sulfide) groups is 1. The molecule has 3 aromatic rings. The Kier molecular flexibility index (Phi) is 4.77. The average molecular weight is 433 g/mol. The Morgan fingerprint density at radius 3 is 2.73 bits per heavy atom. The number of fused-ring (bicyclic) bond motifs is 2. The molecule has 2 heterocycles. The molecule has 0 aromatic heterocycles. The fraction of sp³-hybridized carbons (Fsp3) is 0.0870. The van der Waals surface area contributed by atoms with Crippen LogP contribution >= 0.6 is 24.0 Å². The highest BCUT2D eigenvalue weighted by Crippen LogP contribution is 2.35. The number of hydrogen-bond donors (Lipinski definition) is 1. The largest absolute Gasteiger partial charge is 0.490 e. The van der Waals surface area contributed by atoms with Crippen molar-refractivity contribution in [1.29, 1.82) is 0 Å². The highest BCUT2D eigenvalue weighted by molar-refractivity contribution is 8.26. The predicted octanol–water partition coefficient (Wildman–Crippen LogP) is 4.37. The van der Waals surface area contributed by atoms with Crippen molar-refractivity contribution in [2.75, 3.05) is 18.1 Å². The van der Waals surface area contributed by atoms with E-state index in [0.29, 0.717) is 39.4 Å². The minimum absolute atomic E-state index is 0.0794. The van der Waals surface area contributed by atoms with Crippen molar-refractivity contribution >= 4 is 62.7 Å². The van der Waals surface area contributed by atoms with Crippen LogP contribution in [-0.4, -0.2) is 29.3 Å². The Labute approximate surface area is 182 Å². The molecule has 1 N–H and O–H groups in total. The van der Waals surface area contributed by atoms with E-state index in [1.807, 2.05) is 60.7 Å². The number of nitrogens with one attached hydrogen (secondary N) is 1. The standard InChI is InChI=1S/C23H16N2O3S2/c26-21-20(30-23(29)24-21)12-14-5-8-19-18(11-14)25(9-10-28-19)22(27)17-7-6-15-3-1-2-4-16(15)13-17/h1-8,11-13H,9-10H2,(H,24,26,29). The average Bonchev–Trinajstić information content (AvgIpc) is 3.09. The summed E-state index contributed by atoms with van der Waals surface area (Å²) in [5, 5.41) is 4.73. The first-order valence-corrected chi connectivity index (χ1v) is 10.6. The molecule has 1 fully saturated rings. The summed E-state index contributed by atoms with van der Waals surface area (Å²) in [6, 6.07) is 19.3. The molecule has 5 rings (SSSR count). The lowest BCUT2D eigenvalue weighted by Crippen LogP contribution is -2.38. The van der Waals surface area contributed by atoms with Crippen molar-refractivity contribution in [3.05, 3.63) is 76.7 Å². The SMILES string of the molecule is O=C1NC(=S)SC1=Cc1ccc2c(c1)N(C(=O)c1ccc3ccccc3c1)CCO2. The van der Waals surface area contributed by atoms with E-state index in [1.165, 1.54) is 11.8 Å². The monoisotopic (exact) mass is 432 g/mol. The third-order valence-electron chi connectivity index (χ3n) is 5.03. The molecule has 0 spiro atoms. The van der Waals surface area contributed by atoms with Gasteiger partial charge in [-0.3, -0.25) is 9.59 Å². The lowest BCUT2D eigenvalue weighted by atomic mass is 10.1. The molecular formula is C23H16N2O3S2. The smallest absolute Gasteiger partial charge is 0.263 e. The van der Waals surface area contributed by atoms with Gasteiger partial charge in [-0.1, -0.05) is 60.4 Å². The van der Waals surface area contributed by atoms with Crippen LogP contribution in [0, 0.1) is 0 Å². The van der Waals surface area contributed by atoms with E-state index in [1.54, 1.807) is 11.0 Å². The summed E-state index contributed by atoms with van der Waals surface area (Å²) in [5.74, 6) is 0.365. The summed E-state index contributed by atoms with van der Waals surface area (Å²) < 4.78 is 6.20. The Morgan fingerprint density at radius 1 is 1.10 bits per heavy atom. The molecule has 148 valence electrons. The van der Waals surface area contributed by atoms with Crippen LogP contribution in [0.25, 0.3) is 16.8 Å². The van der Waals surface area contributed by atoms with Gasteiger partial charge in [-0.15, -0.1) is 0 Å². The van der Waals surface area contributed by atoms with Crippen molar-refractivity contribution in [2.45, 2.75) is 0 Å². The van der Waals surface area contributed by atoms with Crippen molar-refractivity contribution < 1.29 is 14.3 Å². The second-order valence-corrected chi connectivity index (χ2v) is 8.67. The molecule has 0 unspecified atom stereocenters. The van der Waals surface area contributed by atoms with Crippen LogP contribution in [0.2, 0.25) is 0 Å². The predicted molar refractivity (Wildman–Crippen MR) is 124 cm³/mol. The number of anilines is 1. The Morgan fingerprint density at radius 2 is 1.93 bits per heavy atom. The summed E-state index contributed by atoms with van der Waals surface area (Å²) >= 11 is 6.28. The molecule has 0 saturated carbocycles. The number of benzene rings is 3. The zero-order valence-corrected chi connectivity index (χ0v) is 17.4. The molecule has 2 aliphatic heterocycles. The van der Waals surface area contributed by atoms with Crippen LogP contribution in [-0.2, 0) is 4.79 Å². The van der Waals surface area contributed by atoms with E-state index < -0.39 is 0 Å². The second kappa shape index (κ2) is 7.59. The molecule has 5 nitrogen and oxygen atoms in total. The van der Waals surface area contributed by atoms with Gasteiger partial charge in [-0.25, -0.2) is 0 Å². The summed E-state index contributed by atoms with van der Waals surface area (Å²) in [5.41, 5.74) is 2.12. The van der Waals surface area contributed by atoms with E-state index in [4.69, 9.17) is 17.0 Å². The van der Waals surface area contributed by atoms with Gasteiger partial charge in [0.2, 0.25) is 0 Å². The van der Waals surface area contributed by atoms with Gasteiger partial charge >= 0.3 is 0 Å². The van der Waals surface area contributed by atoms with E-state index in [2.05, 4.69) is 5.32 Å². The topological polar surface area (TPSA) is 58.6 Å². The summed E-state index contributed by atoms with van der Waals surface area (Å²) in [6.07, 6.45) is 1.77. The zero-order chi connectivity index (χ0) is 20.7. The molecule has 2 amide bonds. The number of amides is 2. The van der Waals surface area contributed by atoms with E-state index in [0.717, 1.165) is 16.3 Å². The lowest BCUT2D eigenvalue weighted by molar-refractivity contribution is -0.115. The van der Waals surface area contributed by atoms with Gasteiger partial charge in [0, 0.05) is 5.56 Å². The number of ether oxygens (including phenoxy) is 1. The fourth-order valence-electron chi connectivity index (χ4n) is 3.59. The summed E-state index contributed by atoms with van der Waals surface area (Å²) in [6.45, 7) is 0.886. The normalized spacial score (nSPS) is 17.1. The van der Waals surface area contributed by atoms with Crippen molar-refractivity contribution in [2.24, 2.45) is 0 Å². The number of carbonyl (C=O) groups is 2. The van der Waals surface area contributed by atoms with Crippen LogP contribution < -0.4 is 15.0 Å². The van der Waals surface area contributed by atoms with Gasteiger partial charge in [0.25, 0.3) is 11.8 Å². The minimum atomic E-state index is -0.205. The minimum Gasteiger partial charge on any atom is -0.490 e. The number of hydrogen-bond acceptors (Lipinski definition) is 5. The van der Waals surface area contributed by atoms with Gasteiger partial charge < -0.3 is 15.0 Å². The molecule has 3 aromatic carbocycles. The summed E-state index contributed by atoms with van der Waals surface area (Å²) in [4.78, 5) is 27.6. The van der Waals surface area contributed by atoms with Crippen LogP contribution in [0.1, 0.15) is 15.9 Å². The van der Waals surface area contributed by atoms with Crippen molar-refractivity contribution in [3.8, 4) is 5.75 Å². The molecule has 0 bridgehead atoms. The van der Waals surface area contributed by atoms with Crippen LogP contribution in [0.4, 0.5) is 5.69 Å². The maximum absolute atomic E-state index is 13.3. The Hall–Kier alpha value is -3.16. The van der Waals surface area contributed by atoms with Crippen molar-refractivity contribution in [3.63, 3.8) is 0 Å². The van der Waals surface area contributed by atoms with Gasteiger partial charge in [0.1, 0.15) is 16.7 Å². The third kappa shape index (κ3) is 3.46. The molecule has 30 heavy (non-hydrogen) atoms. The maximum Gasteiger partial charge on any atom is 0.263 e. The molecule has 0 atom stereocenters. The van der Waals surface area contributed by atoms with Gasteiger partial charge in [0.05, 0.1) is 17.1 Å². The first-order chi connectivity index (χ1) is 14.6. The lowest BCUT2D eigenvalue weighted by Gasteiger charge is -2.30. The quantitative estimate of drug-likeness (QED) is 0.481. The van der Waals surface area contributed by atoms with E-state index in [-0.39, 0.29) is 11.8 Å². The Bertz CT molecular complexity index is 1250. The van der Waals surface area contributed by atoms with Gasteiger partial charge in [-0.05, 0) is 46.7 Å². The number of nitrogens with zero attached hydrogens (tertiary/aromatic N) is 1. The molecule has 7 heteroatoms. The molecular weight excluding hydrogens is 416 g/mol. The fourth-order valence-corrected chi connectivity index (χ4v) is 4.63. The third-order valence-corrected chi connectivity index (χ3v) is 6.19. The number of rotatable bonds is 2. The van der Waals surface area contributed by atoms with E-state index in [9.17, 15) is 9.59 Å². The number of thiocarbonyl (C=S) groups is 1. The first-order valence-electron chi connectivity index (χ1n) is 9.41. The zero-order valence-electron chi connectivity index (χ0n) is 15.8. The van der Waals surface area contributed by atoms with Crippen LogP contribution in [0.15, 0.2) is 65.6 Å². The molecule has 0 radical (unpaired) electrons. The van der Waals surface area contributed by atoms with Gasteiger partial charge in [0.15, 0.2) is 0 Å². The molecule has 2 aliphatic rings. The second-order valence-electron chi connectivity index (χ2n) is 6.95. The highest BCUT2D eigenvalue weighted by Gasteiger charge is 2.26. The van der Waals surface area contributed by atoms with Gasteiger partial charge in [-0.2, -0.15) is 0 Å². The molecule has 0 aliphatic carbocycles. The van der Waals surface area contributed by atoms with Crippen LogP contribution in [0.5, 0.6) is 5.75 Å².